The molecular formula is H46Li6O40Si10. The van der Waals surface area contributed by atoms with Crippen LogP contribution in [-0.2, 0) is 0 Å². The Balaban J connectivity index is -0.0000000140. The van der Waals surface area contributed by atoms with Gasteiger partial charge in [-0.05, 0) is 0 Å². The van der Waals surface area contributed by atoms with Crippen LogP contribution in [0.25, 0.3) is 0 Å². The largest absolute Gasteiger partial charge is 1.00 e. The fraction of sp³-hybridized carbons (Fsp3) is 0. The van der Waals surface area contributed by atoms with E-state index in [1.54, 1.807) is 0 Å². The third kappa shape index (κ3) is 11000. The van der Waals surface area contributed by atoms with Crippen LogP contribution >= 0.6 is 0 Å². The Morgan fingerprint density at radius 1 is 0.107 bits per heavy atom. The molecule has 0 aromatic rings. The topological polar surface area (TPSA) is 809 Å². The molecule has 0 heterocycles. The summed E-state index contributed by atoms with van der Waals surface area (Å²) in [6.45, 7) is 0. The second-order valence-electron chi connectivity index (χ2n) is 6.00. The summed E-state index contributed by atoms with van der Waals surface area (Å²) in [7, 11) is -46.1. The van der Waals surface area contributed by atoms with Crippen molar-refractivity contribution in [3.63, 3.8) is 0 Å². The summed E-state index contributed by atoms with van der Waals surface area (Å²) in [6.07, 6.45) is 0. The Kier molecular flexibility index (Phi) is 93.7. The monoisotopic (exact) mass is 1010 g/mol. The molecule has 0 aromatic carbocycles. The van der Waals surface area contributed by atoms with Gasteiger partial charge in [-0.25, -0.2) is 0 Å². The molecular weight excluding hydrogens is 962 g/mol. The molecule has 0 saturated heterocycles. The van der Waals surface area contributed by atoms with Gasteiger partial charge in [-0.2, -0.15) is 0 Å². The summed E-state index contributed by atoms with van der Waals surface area (Å²) in [6, 6.07) is 0. The standard InChI is InChI=1S/6Li.10H4O4Si.6H/c;;;;;;10*1-5(2,3)4;;;;;;/h;;;;;;10*1-4H;;;;;;/q6*+1;;;;;;;;;;;6*-1. The molecule has 0 bridgehead atoms. The molecule has 0 spiro atoms. The molecule has 0 aliphatic rings. The van der Waals surface area contributed by atoms with Crippen molar-refractivity contribution in [2.75, 3.05) is 0 Å². The van der Waals surface area contributed by atoms with E-state index in [0.29, 0.717) is 0 Å². The van der Waals surface area contributed by atoms with Crippen LogP contribution in [-0.4, -0.2) is 282 Å². The van der Waals surface area contributed by atoms with Gasteiger partial charge in [0.05, 0.1) is 0 Å². The van der Waals surface area contributed by atoms with E-state index in [9.17, 15) is 0 Å². The number of hydrogen-bond donors (Lipinski definition) is 40. The van der Waals surface area contributed by atoms with E-state index in [0.717, 1.165) is 0 Å². The van der Waals surface area contributed by atoms with Crippen molar-refractivity contribution in [2.24, 2.45) is 0 Å². The van der Waals surface area contributed by atoms with Gasteiger partial charge in [0, 0.05) is 0 Å². The third-order valence-electron chi connectivity index (χ3n) is 0. The van der Waals surface area contributed by atoms with Crippen LogP contribution in [0.4, 0.5) is 0 Å². The predicted molar refractivity (Wildman–Crippen MR) is 153 cm³/mol. The fourth-order valence-corrected chi connectivity index (χ4v) is 0. The number of hydrogen-bond acceptors (Lipinski definition) is 40. The maximum Gasteiger partial charge on any atom is 1.00 e. The molecule has 0 rings (SSSR count). The molecule has 0 aliphatic heterocycles. The van der Waals surface area contributed by atoms with Crippen LogP contribution in [0.3, 0.4) is 0 Å². The Hall–Kier alpha value is 4.15. The van der Waals surface area contributed by atoms with E-state index < -0.39 is 90.5 Å². The van der Waals surface area contributed by atoms with E-state index in [2.05, 4.69) is 0 Å². The minimum atomic E-state index is -4.61. The molecule has 40 nitrogen and oxygen atoms in total. The zero-order valence-corrected chi connectivity index (χ0v) is 38.9. The molecule has 332 valence electrons. The van der Waals surface area contributed by atoms with Crippen molar-refractivity contribution in [1.29, 1.82) is 0 Å². The van der Waals surface area contributed by atoms with Gasteiger partial charge in [-0.15, -0.1) is 0 Å². The minimum absolute atomic E-state index is 0. The first-order valence-corrected chi connectivity index (χ1v) is 26.8. The smallest absolute Gasteiger partial charge is 1.00 e. The van der Waals surface area contributed by atoms with Gasteiger partial charge in [0.15, 0.2) is 0 Å². The molecule has 0 saturated carbocycles. The molecule has 0 fully saturated rings. The van der Waals surface area contributed by atoms with Crippen molar-refractivity contribution in [3.8, 4) is 0 Å². The molecule has 0 aromatic heterocycles. The number of rotatable bonds is 0. The summed E-state index contributed by atoms with van der Waals surface area (Å²) in [5.74, 6) is 0. The SMILES string of the molecule is O[Si](O)(O)O.O[Si](O)(O)O.O[Si](O)(O)O.O[Si](O)(O)O.O[Si](O)(O)O.O[Si](O)(O)O.O[Si](O)(O)O.O[Si](O)(O)O.O[Si](O)(O)O.O[Si](O)(O)O.[H-].[H-].[H-].[H-].[H-].[H-].[Li+].[Li+].[Li+].[Li+].[Li+].[Li+]. The van der Waals surface area contributed by atoms with Crippen molar-refractivity contribution in [1.82, 2.24) is 0 Å². The predicted octanol–water partition coefficient (Wildman–Crippen LogP) is -43.4. The summed E-state index contributed by atoms with van der Waals surface area (Å²) in [5.41, 5.74) is 0. The maximum absolute atomic E-state index is 7.33. The van der Waals surface area contributed by atoms with Gasteiger partial charge >= 0.3 is 204 Å². The van der Waals surface area contributed by atoms with Crippen molar-refractivity contribution < 1.29 is 314 Å². The Labute approximate surface area is 401 Å². The van der Waals surface area contributed by atoms with E-state index >= 15 is 0 Å². The third-order valence-corrected chi connectivity index (χ3v) is 0. The Bertz CT molecular complexity index is 446. The van der Waals surface area contributed by atoms with E-state index in [1.165, 1.54) is 0 Å². The van der Waals surface area contributed by atoms with Crippen LogP contribution in [0.5, 0.6) is 0 Å². The summed E-state index contributed by atoms with van der Waals surface area (Å²) >= 11 is 0. The zero-order chi connectivity index (χ0) is 45.0. The first-order chi connectivity index (χ1) is 20.0. The van der Waals surface area contributed by atoms with Crippen LogP contribution in [0, 0.1) is 0 Å². The maximum atomic E-state index is 7.33. The normalized spacial score (nSPS) is 10.7. The molecule has 0 radical (unpaired) electrons. The van der Waals surface area contributed by atoms with Crippen LogP contribution < -0.4 is 113 Å². The molecule has 0 unspecified atom stereocenters. The Morgan fingerprint density at radius 3 is 0.107 bits per heavy atom. The van der Waals surface area contributed by atoms with Crippen molar-refractivity contribution in [2.45, 2.75) is 0 Å². The second kappa shape index (κ2) is 48.6. The quantitative estimate of drug-likeness (QED) is 0.100. The van der Waals surface area contributed by atoms with E-state index in [4.69, 9.17) is 192 Å². The minimum Gasteiger partial charge on any atom is -1.00 e. The summed E-state index contributed by atoms with van der Waals surface area (Å²) < 4.78 is 0. The molecule has 56 heavy (non-hydrogen) atoms. The molecule has 56 heteroatoms. The zero-order valence-electron chi connectivity index (χ0n) is 34.9. The van der Waals surface area contributed by atoms with Crippen molar-refractivity contribution in [3.05, 3.63) is 0 Å². The molecule has 40 N–H and O–H groups in total. The molecule has 0 aliphatic carbocycles. The van der Waals surface area contributed by atoms with Gasteiger partial charge in [0.25, 0.3) is 0 Å². The van der Waals surface area contributed by atoms with Crippen LogP contribution in [0.15, 0.2) is 0 Å². The van der Waals surface area contributed by atoms with Gasteiger partial charge < -0.3 is 200 Å². The molecule has 0 amide bonds. The summed E-state index contributed by atoms with van der Waals surface area (Å²) in [4.78, 5) is 293. The van der Waals surface area contributed by atoms with E-state index in [-0.39, 0.29) is 122 Å². The average Bonchev–Trinajstić information content (AvgIpc) is 2.34. The van der Waals surface area contributed by atoms with Gasteiger partial charge in [0.1, 0.15) is 0 Å². The average molecular weight is 1010 g/mol. The van der Waals surface area contributed by atoms with E-state index in [1.807, 2.05) is 0 Å². The van der Waals surface area contributed by atoms with Gasteiger partial charge in [0.2, 0.25) is 0 Å². The van der Waals surface area contributed by atoms with Gasteiger partial charge in [-0.3, -0.25) is 0 Å². The fourth-order valence-electron chi connectivity index (χ4n) is 0. The first kappa shape index (κ1) is 108. The van der Waals surface area contributed by atoms with Crippen LogP contribution in [0.2, 0.25) is 0 Å². The van der Waals surface area contributed by atoms with Crippen molar-refractivity contribution >= 4 is 90.5 Å². The molecule has 0 atom stereocenters. The summed E-state index contributed by atoms with van der Waals surface area (Å²) in [5, 5.41) is 0. The first-order valence-electron chi connectivity index (χ1n) is 8.94. The van der Waals surface area contributed by atoms with Crippen LogP contribution in [0.1, 0.15) is 8.56 Å². The Morgan fingerprint density at radius 2 is 0.107 bits per heavy atom. The second-order valence-corrected chi connectivity index (χ2v) is 18.0. The van der Waals surface area contributed by atoms with Gasteiger partial charge in [-0.1, -0.05) is 0 Å².